The number of barbiturate groups is 1. The molecule has 30 heavy (non-hydrogen) atoms. The fourth-order valence-corrected chi connectivity index (χ4v) is 3.24. The van der Waals surface area contributed by atoms with E-state index in [-0.39, 0.29) is 10.6 Å². The lowest BCUT2D eigenvalue weighted by Gasteiger charge is -2.26. The van der Waals surface area contributed by atoms with Crippen LogP contribution in [-0.2, 0) is 9.59 Å². The van der Waals surface area contributed by atoms with Crippen LogP contribution in [0.3, 0.4) is 0 Å². The third kappa shape index (κ3) is 4.31. The first-order chi connectivity index (χ1) is 14.3. The van der Waals surface area contributed by atoms with Crippen molar-refractivity contribution in [1.29, 1.82) is 0 Å². The number of nitrogens with one attached hydrogen (secondary N) is 1. The normalized spacial score (nSPS) is 15.4. The van der Waals surface area contributed by atoms with E-state index in [2.05, 4.69) is 5.32 Å². The van der Waals surface area contributed by atoms with Gasteiger partial charge in [-0.05, 0) is 56.7 Å². The molecule has 0 saturated carbocycles. The monoisotopic (exact) mass is 428 g/mol. The number of ether oxygens (including phenoxy) is 2. The van der Waals surface area contributed by atoms with E-state index in [0.29, 0.717) is 36.0 Å². The second-order valence-electron chi connectivity index (χ2n) is 6.49. The third-order valence-electron chi connectivity index (χ3n) is 4.33. The molecule has 156 valence electrons. The summed E-state index contributed by atoms with van der Waals surface area (Å²) >= 11 is 6.32. The highest BCUT2D eigenvalue weighted by atomic mass is 35.5. The van der Waals surface area contributed by atoms with E-state index in [9.17, 15) is 14.4 Å². The van der Waals surface area contributed by atoms with Gasteiger partial charge in [0.15, 0.2) is 11.5 Å². The summed E-state index contributed by atoms with van der Waals surface area (Å²) in [5.74, 6) is -0.722. The van der Waals surface area contributed by atoms with Crippen LogP contribution in [0.15, 0.2) is 42.0 Å². The molecule has 4 amide bonds. The highest BCUT2D eigenvalue weighted by Gasteiger charge is 2.36. The van der Waals surface area contributed by atoms with Crippen LogP contribution in [0.4, 0.5) is 10.5 Å². The van der Waals surface area contributed by atoms with Crippen molar-refractivity contribution in [3.8, 4) is 11.5 Å². The summed E-state index contributed by atoms with van der Waals surface area (Å²) in [7, 11) is 0. The predicted octanol–water partition coefficient (Wildman–Crippen LogP) is 4.11. The fraction of sp³-hybridized carbons (Fsp3) is 0.227. The van der Waals surface area contributed by atoms with Crippen LogP contribution in [0.2, 0.25) is 5.02 Å². The predicted molar refractivity (Wildman–Crippen MR) is 114 cm³/mol. The maximum Gasteiger partial charge on any atom is 0.335 e. The number of hydrogen-bond acceptors (Lipinski definition) is 5. The first-order valence-electron chi connectivity index (χ1n) is 9.43. The Morgan fingerprint density at radius 3 is 2.33 bits per heavy atom. The molecule has 0 spiro atoms. The van der Waals surface area contributed by atoms with Gasteiger partial charge in [-0.2, -0.15) is 0 Å². The summed E-state index contributed by atoms with van der Waals surface area (Å²) in [5.41, 5.74) is 1.60. The SMILES string of the molecule is CCOc1cc(/C=C2\C(=O)NC(=O)N(c3ccc(C)cc3)C2=O)cc(Cl)c1OCC. The molecule has 1 aliphatic rings. The largest absolute Gasteiger partial charge is 0.490 e. The molecule has 0 aliphatic carbocycles. The van der Waals surface area contributed by atoms with E-state index < -0.39 is 17.8 Å². The molecule has 2 aromatic rings. The summed E-state index contributed by atoms with van der Waals surface area (Å²) in [6.45, 7) is 6.31. The zero-order chi connectivity index (χ0) is 21.8. The maximum atomic E-state index is 13.0. The van der Waals surface area contributed by atoms with Crippen LogP contribution in [0.1, 0.15) is 25.0 Å². The zero-order valence-corrected chi connectivity index (χ0v) is 17.6. The number of halogens is 1. The molecule has 0 atom stereocenters. The quantitative estimate of drug-likeness (QED) is 0.552. The lowest BCUT2D eigenvalue weighted by atomic mass is 10.1. The van der Waals surface area contributed by atoms with Crippen LogP contribution in [0, 0.1) is 6.92 Å². The number of imide groups is 2. The summed E-state index contributed by atoms with van der Waals surface area (Å²) in [5, 5.41) is 2.48. The van der Waals surface area contributed by atoms with Gasteiger partial charge in [0.1, 0.15) is 5.57 Å². The van der Waals surface area contributed by atoms with E-state index in [1.165, 1.54) is 6.08 Å². The molecule has 0 radical (unpaired) electrons. The van der Waals surface area contributed by atoms with Crippen LogP contribution in [0.5, 0.6) is 11.5 Å². The molecule has 1 aliphatic heterocycles. The molecule has 1 fully saturated rings. The van der Waals surface area contributed by atoms with Crippen molar-refractivity contribution >= 4 is 41.2 Å². The molecule has 0 bridgehead atoms. The summed E-state index contributed by atoms with van der Waals surface area (Å²) < 4.78 is 11.1. The number of aryl methyl sites for hydroxylation is 1. The number of amides is 4. The van der Waals surface area contributed by atoms with Crippen molar-refractivity contribution in [2.24, 2.45) is 0 Å². The van der Waals surface area contributed by atoms with Crippen LogP contribution >= 0.6 is 11.6 Å². The number of carbonyl (C=O) groups is 3. The number of anilines is 1. The van der Waals surface area contributed by atoms with Crippen LogP contribution < -0.4 is 19.7 Å². The minimum absolute atomic E-state index is 0.196. The van der Waals surface area contributed by atoms with Crippen molar-refractivity contribution in [1.82, 2.24) is 5.32 Å². The van der Waals surface area contributed by atoms with E-state index in [4.69, 9.17) is 21.1 Å². The molecule has 7 nitrogen and oxygen atoms in total. The third-order valence-corrected chi connectivity index (χ3v) is 4.61. The summed E-state index contributed by atoms with van der Waals surface area (Å²) in [4.78, 5) is 38.6. The van der Waals surface area contributed by atoms with Crippen LogP contribution in [-0.4, -0.2) is 31.1 Å². The van der Waals surface area contributed by atoms with E-state index in [1.54, 1.807) is 36.4 Å². The van der Waals surface area contributed by atoms with Crippen molar-refractivity contribution < 1.29 is 23.9 Å². The lowest BCUT2D eigenvalue weighted by molar-refractivity contribution is -0.122. The van der Waals surface area contributed by atoms with Gasteiger partial charge in [-0.25, -0.2) is 9.69 Å². The second kappa shape index (κ2) is 9.00. The number of benzene rings is 2. The molecule has 0 aromatic heterocycles. The molecule has 1 heterocycles. The molecular weight excluding hydrogens is 408 g/mol. The molecule has 1 N–H and O–H groups in total. The molecule has 1 saturated heterocycles. The van der Waals surface area contributed by atoms with Gasteiger partial charge in [-0.15, -0.1) is 0 Å². The van der Waals surface area contributed by atoms with Crippen molar-refractivity contribution in [2.45, 2.75) is 20.8 Å². The van der Waals surface area contributed by atoms with Crippen molar-refractivity contribution in [2.75, 3.05) is 18.1 Å². The Bertz CT molecular complexity index is 1030. The van der Waals surface area contributed by atoms with Crippen molar-refractivity contribution in [3.05, 3.63) is 58.1 Å². The lowest BCUT2D eigenvalue weighted by Crippen LogP contribution is -2.54. The van der Waals surface area contributed by atoms with Gasteiger partial charge in [0.05, 0.1) is 23.9 Å². The topological polar surface area (TPSA) is 84.9 Å². The number of nitrogens with zero attached hydrogens (tertiary/aromatic N) is 1. The number of carbonyl (C=O) groups excluding carboxylic acids is 3. The maximum absolute atomic E-state index is 13.0. The Hall–Kier alpha value is -3.32. The van der Waals surface area contributed by atoms with E-state index in [0.717, 1.165) is 10.5 Å². The first-order valence-corrected chi connectivity index (χ1v) is 9.80. The van der Waals surface area contributed by atoms with E-state index >= 15 is 0 Å². The van der Waals surface area contributed by atoms with Crippen molar-refractivity contribution in [3.63, 3.8) is 0 Å². The summed E-state index contributed by atoms with van der Waals surface area (Å²) in [6, 6.07) is 9.22. The first kappa shape index (κ1) is 21.4. The standard InChI is InChI=1S/C22H21ClN2O5/c1-4-29-18-12-14(11-17(23)19(18)30-5-2)10-16-20(26)24-22(28)25(21(16)27)15-8-6-13(3)7-9-15/h6-12H,4-5H2,1-3H3,(H,24,26,28)/b16-10+. The summed E-state index contributed by atoms with van der Waals surface area (Å²) in [6.07, 6.45) is 1.37. The average molecular weight is 429 g/mol. The zero-order valence-electron chi connectivity index (χ0n) is 16.8. The van der Waals surface area contributed by atoms with Gasteiger partial charge in [0, 0.05) is 0 Å². The molecule has 8 heteroatoms. The highest BCUT2D eigenvalue weighted by molar-refractivity contribution is 6.39. The average Bonchev–Trinajstić information content (AvgIpc) is 2.69. The molecule has 3 rings (SSSR count). The minimum atomic E-state index is -0.800. The Morgan fingerprint density at radius 1 is 1.03 bits per heavy atom. The van der Waals surface area contributed by atoms with Gasteiger partial charge in [-0.1, -0.05) is 29.3 Å². The van der Waals surface area contributed by atoms with E-state index in [1.807, 2.05) is 20.8 Å². The van der Waals surface area contributed by atoms with Gasteiger partial charge in [-0.3, -0.25) is 14.9 Å². The van der Waals surface area contributed by atoms with Gasteiger partial charge in [0.25, 0.3) is 11.8 Å². The van der Waals surface area contributed by atoms with Gasteiger partial charge >= 0.3 is 6.03 Å². The molecular formula is C22H21ClN2O5. The molecule has 0 unspecified atom stereocenters. The molecule has 2 aromatic carbocycles. The fourth-order valence-electron chi connectivity index (χ4n) is 2.97. The number of urea groups is 1. The smallest absolute Gasteiger partial charge is 0.335 e. The Balaban J connectivity index is 2.03. The number of rotatable bonds is 6. The second-order valence-corrected chi connectivity index (χ2v) is 6.90. The Morgan fingerprint density at radius 2 is 1.70 bits per heavy atom. The Kier molecular flexibility index (Phi) is 6.42. The number of hydrogen-bond donors (Lipinski definition) is 1. The van der Waals surface area contributed by atoms with Gasteiger partial charge in [0.2, 0.25) is 0 Å². The van der Waals surface area contributed by atoms with Crippen LogP contribution in [0.25, 0.3) is 6.08 Å². The minimum Gasteiger partial charge on any atom is -0.490 e. The Labute approximate surface area is 179 Å². The highest BCUT2D eigenvalue weighted by Crippen LogP contribution is 2.37. The van der Waals surface area contributed by atoms with Gasteiger partial charge < -0.3 is 9.47 Å².